The van der Waals surface area contributed by atoms with Crippen molar-refractivity contribution < 1.29 is 14.4 Å². The van der Waals surface area contributed by atoms with E-state index in [2.05, 4.69) is 49.2 Å². The highest BCUT2D eigenvalue weighted by atomic mass is 16.1. The average Bonchev–Trinajstić information content (AvgIpc) is 3.41. The summed E-state index contributed by atoms with van der Waals surface area (Å²) < 4.78 is 0. The maximum absolute atomic E-state index is 11.6. The highest BCUT2D eigenvalue weighted by molar-refractivity contribution is 6.01. The molecule has 1 aliphatic heterocycles. The van der Waals surface area contributed by atoms with Crippen LogP contribution in [0, 0.1) is 11.8 Å². The molecule has 4 rings (SSSR count). The summed E-state index contributed by atoms with van der Waals surface area (Å²) in [6.07, 6.45) is 8.56. The van der Waals surface area contributed by atoms with Gasteiger partial charge in [-0.05, 0) is 62.9 Å². The van der Waals surface area contributed by atoms with Gasteiger partial charge in [-0.3, -0.25) is 19.3 Å². The second-order valence-corrected chi connectivity index (χ2v) is 10.9. The lowest BCUT2D eigenvalue weighted by Crippen LogP contribution is -2.48. The summed E-state index contributed by atoms with van der Waals surface area (Å²) in [7, 11) is 1.97. The Morgan fingerprint density at radius 1 is 0.975 bits per heavy atom. The summed E-state index contributed by atoms with van der Waals surface area (Å²) in [4.78, 5) is 50.8. The first kappa shape index (κ1) is 29.4. The van der Waals surface area contributed by atoms with E-state index in [4.69, 9.17) is 0 Å². The number of fused-ring (bicyclic) bond motifs is 1. The molecule has 0 saturated carbocycles. The van der Waals surface area contributed by atoms with Crippen LogP contribution >= 0.6 is 0 Å². The van der Waals surface area contributed by atoms with Crippen LogP contribution in [0.5, 0.6) is 0 Å². The number of rotatable bonds is 15. The van der Waals surface area contributed by atoms with Gasteiger partial charge in [0.25, 0.3) is 0 Å². The molecule has 40 heavy (non-hydrogen) atoms. The Morgan fingerprint density at radius 3 is 2.42 bits per heavy atom. The van der Waals surface area contributed by atoms with Crippen LogP contribution in [-0.2, 0) is 0 Å². The number of nitrogens with zero attached hydrogens (tertiary/aromatic N) is 4. The Kier molecular flexibility index (Phi) is 10.4. The number of aromatic nitrogens is 3. The zero-order valence-electron chi connectivity index (χ0n) is 23.7. The molecule has 3 heterocycles. The maximum Gasteiger partial charge on any atom is 0.152 e. The van der Waals surface area contributed by atoms with Gasteiger partial charge in [0, 0.05) is 67.3 Å². The number of piperazine rings is 1. The number of hydrogen-bond acceptors (Lipinski definition) is 9. The largest absolute Gasteiger partial charge is 0.369 e. The van der Waals surface area contributed by atoms with E-state index in [1.807, 2.05) is 19.2 Å². The van der Waals surface area contributed by atoms with Crippen LogP contribution in [0.4, 0.5) is 11.5 Å². The summed E-state index contributed by atoms with van der Waals surface area (Å²) in [6.45, 7) is 10.3. The predicted octanol–water partition coefficient (Wildman–Crippen LogP) is 3.66. The topological polar surface area (TPSA) is 123 Å². The number of carbonyl (C=O) groups excluding carboxylic acids is 3. The number of benzene rings is 1. The van der Waals surface area contributed by atoms with Gasteiger partial charge in [-0.25, -0.2) is 9.97 Å². The van der Waals surface area contributed by atoms with Crippen molar-refractivity contribution in [3.63, 3.8) is 0 Å². The normalized spacial score (nSPS) is 16.4. The lowest BCUT2D eigenvalue weighted by molar-refractivity contribution is 0.109. The van der Waals surface area contributed by atoms with Crippen molar-refractivity contribution in [3.8, 4) is 0 Å². The fourth-order valence-corrected chi connectivity index (χ4v) is 5.58. The molecule has 214 valence electrons. The molecule has 10 heteroatoms. The fourth-order valence-electron chi connectivity index (χ4n) is 5.58. The molecule has 0 amide bonds. The summed E-state index contributed by atoms with van der Waals surface area (Å²) in [5.74, 6) is 1.68. The smallest absolute Gasteiger partial charge is 0.152 e. The molecule has 1 aromatic carbocycles. The summed E-state index contributed by atoms with van der Waals surface area (Å²) in [5.41, 5.74) is 3.09. The van der Waals surface area contributed by atoms with Crippen molar-refractivity contribution in [2.45, 2.75) is 39.2 Å². The third kappa shape index (κ3) is 7.11. The van der Waals surface area contributed by atoms with E-state index < -0.39 is 0 Å². The first-order valence-electron chi connectivity index (χ1n) is 14.2. The van der Waals surface area contributed by atoms with Crippen molar-refractivity contribution in [3.05, 3.63) is 47.4 Å². The lowest BCUT2D eigenvalue weighted by atomic mass is 9.87. The number of hydrogen-bond donors (Lipinski definition) is 3. The number of aromatic amines is 1. The molecular weight excluding hydrogens is 506 g/mol. The van der Waals surface area contributed by atoms with E-state index in [0.717, 1.165) is 88.5 Å². The number of H-pyrrole nitrogens is 1. The van der Waals surface area contributed by atoms with E-state index in [0.29, 0.717) is 40.0 Å². The second-order valence-electron chi connectivity index (χ2n) is 10.9. The Morgan fingerprint density at radius 2 is 1.73 bits per heavy atom. The molecule has 0 radical (unpaired) electrons. The molecule has 0 aliphatic carbocycles. The molecule has 3 unspecified atom stereocenters. The van der Waals surface area contributed by atoms with Crippen LogP contribution in [0.25, 0.3) is 11.0 Å². The number of carbonyl (C=O) groups is 3. The molecule has 1 fully saturated rings. The minimum Gasteiger partial charge on any atom is -0.369 e. The summed E-state index contributed by atoms with van der Waals surface area (Å²) >= 11 is 0. The van der Waals surface area contributed by atoms with Gasteiger partial charge in [-0.15, -0.1) is 0 Å². The minimum atomic E-state index is 0.219. The zero-order valence-corrected chi connectivity index (χ0v) is 23.7. The van der Waals surface area contributed by atoms with Gasteiger partial charge in [0.2, 0.25) is 0 Å². The quantitative estimate of drug-likeness (QED) is 0.193. The van der Waals surface area contributed by atoms with Crippen molar-refractivity contribution >= 4 is 41.4 Å². The predicted molar refractivity (Wildman–Crippen MR) is 159 cm³/mol. The number of aldehydes is 3. The highest BCUT2D eigenvalue weighted by Gasteiger charge is 2.24. The Labute approximate surface area is 235 Å². The van der Waals surface area contributed by atoms with Crippen LogP contribution in [0.2, 0.25) is 0 Å². The van der Waals surface area contributed by atoms with Gasteiger partial charge >= 0.3 is 0 Å². The van der Waals surface area contributed by atoms with Gasteiger partial charge in [-0.2, -0.15) is 0 Å². The van der Waals surface area contributed by atoms with Gasteiger partial charge in [-0.1, -0.05) is 13.8 Å². The van der Waals surface area contributed by atoms with Gasteiger partial charge < -0.3 is 20.5 Å². The van der Waals surface area contributed by atoms with Crippen LogP contribution in [0.3, 0.4) is 0 Å². The van der Waals surface area contributed by atoms with E-state index in [9.17, 15) is 14.4 Å². The highest BCUT2D eigenvalue weighted by Crippen LogP contribution is 2.27. The molecule has 10 nitrogen and oxygen atoms in total. The van der Waals surface area contributed by atoms with E-state index in [1.54, 1.807) is 12.3 Å². The molecule has 1 saturated heterocycles. The number of anilines is 2. The fraction of sp³-hybridized carbons (Fsp3) is 0.500. The van der Waals surface area contributed by atoms with Crippen molar-refractivity contribution in [2.75, 3.05) is 56.5 Å². The molecule has 1 aliphatic rings. The Balaban J connectivity index is 1.34. The van der Waals surface area contributed by atoms with Crippen LogP contribution in [0.15, 0.2) is 30.7 Å². The van der Waals surface area contributed by atoms with Crippen molar-refractivity contribution in [2.24, 2.45) is 11.8 Å². The molecule has 0 spiro atoms. The molecule has 3 aromatic rings. The minimum absolute atomic E-state index is 0.219. The Hall–Kier alpha value is -3.63. The zero-order chi connectivity index (χ0) is 28.5. The summed E-state index contributed by atoms with van der Waals surface area (Å²) in [6, 6.07) is 5.69. The summed E-state index contributed by atoms with van der Waals surface area (Å²) in [5, 5.41) is 7.63. The average molecular weight is 548 g/mol. The Bertz CT molecular complexity index is 1290. The SMILES string of the molecule is CNCCCC(CC(C)C(C)CN1CCN(c2ccc(C=O)c(C=O)c2)CC1)Nc1ncnc2[nH]cc(C=O)c12. The second kappa shape index (κ2) is 14.1. The first-order chi connectivity index (χ1) is 19.5. The third-order valence-electron chi connectivity index (χ3n) is 8.18. The van der Waals surface area contributed by atoms with Gasteiger partial charge in [0.05, 0.1) is 5.39 Å². The molecule has 2 aromatic heterocycles. The first-order valence-corrected chi connectivity index (χ1v) is 14.2. The standard InChI is InChI=1S/C30H41N7O3/c1-21(13-26(5-4-8-31-3)35-30-28-25(19-40)15-32-29(28)33-20-34-30)22(2)16-36-9-11-37(12-10-36)27-7-6-23(17-38)24(14-27)18-39/h6-7,14-15,17-22,26,31H,4-5,8-13,16H2,1-3H3,(H2,32,33,34,35). The van der Waals surface area contributed by atoms with E-state index in [-0.39, 0.29) is 6.04 Å². The maximum atomic E-state index is 11.6. The van der Waals surface area contributed by atoms with Crippen molar-refractivity contribution in [1.82, 2.24) is 25.2 Å². The van der Waals surface area contributed by atoms with Gasteiger partial charge in [0.15, 0.2) is 18.9 Å². The van der Waals surface area contributed by atoms with Crippen molar-refractivity contribution in [1.29, 1.82) is 0 Å². The van der Waals surface area contributed by atoms with Crippen LogP contribution in [0.1, 0.15) is 64.2 Å². The van der Waals surface area contributed by atoms with Gasteiger partial charge in [0.1, 0.15) is 17.8 Å². The third-order valence-corrected chi connectivity index (χ3v) is 8.18. The van der Waals surface area contributed by atoms with Crippen LogP contribution in [-0.4, -0.2) is 91.1 Å². The monoisotopic (exact) mass is 547 g/mol. The van der Waals surface area contributed by atoms with Crippen LogP contribution < -0.4 is 15.5 Å². The molecule has 0 bridgehead atoms. The molecule has 3 N–H and O–H groups in total. The van der Waals surface area contributed by atoms with E-state index >= 15 is 0 Å². The van der Waals surface area contributed by atoms with E-state index in [1.165, 1.54) is 6.33 Å². The molecule has 3 atom stereocenters. The lowest BCUT2D eigenvalue weighted by Gasteiger charge is -2.38. The molecular formula is C30H41N7O3. The number of nitrogens with one attached hydrogen (secondary N) is 3.